The summed E-state index contributed by atoms with van der Waals surface area (Å²) in [4.78, 5) is 41.5. The van der Waals surface area contributed by atoms with E-state index in [-0.39, 0.29) is 37.0 Å². The molecule has 0 bridgehead atoms. The van der Waals surface area contributed by atoms with Gasteiger partial charge in [-0.25, -0.2) is 8.78 Å². The molecule has 1 heterocycles. The molecule has 4 rings (SSSR count). The van der Waals surface area contributed by atoms with Crippen molar-refractivity contribution in [3.05, 3.63) is 70.8 Å². The number of amides is 3. The Morgan fingerprint density at radius 2 is 1.62 bits per heavy atom. The van der Waals surface area contributed by atoms with Crippen molar-refractivity contribution in [2.45, 2.75) is 32.1 Å². The van der Waals surface area contributed by atoms with E-state index < -0.39 is 29.6 Å². The number of nitrogens with two attached hydrogens (primary N) is 1. The Labute approximate surface area is 184 Å². The standard InChI is InChI=1S/C23H24F2N4O3/c24-18-9-17(10-19(25)11-18)23(32)29-7-6-28(22(31)16-4-5-16)21(29)20(30)27-13-15-3-1-2-14(8-15)12-26/h1-3,8-11,16,21H,4-7,12-13,26H2,(H,27,30). The maximum Gasteiger partial charge on any atom is 0.264 e. The van der Waals surface area contributed by atoms with E-state index in [4.69, 9.17) is 5.73 Å². The Morgan fingerprint density at radius 1 is 0.969 bits per heavy atom. The first-order valence-corrected chi connectivity index (χ1v) is 10.5. The lowest BCUT2D eigenvalue weighted by Gasteiger charge is -2.29. The molecule has 1 unspecified atom stereocenters. The summed E-state index contributed by atoms with van der Waals surface area (Å²) in [5, 5.41) is 2.78. The molecule has 0 spiro atoms. The molecule has 1 atom stereocenters. The molecule has 1 aliphatic heterocycles. The summed E-state index contributed by atoms with van der Waals surface area (Å²) in [6.45, 7) is 0.821. The normalized spacial score (nSPS) is 18.0. The topological polar surface area (TPSA) is 95.7 Å². The number of halogens is 2. The van der Waals surface area contributed by atoms with Crippen molar-refractivity contribution in [3.63, 3.8) is 0 Å². The molecule has 1 saturated carbocycles. The molecule has 9 heteroatoms. The van der Waals surface area contributed by atoms with Gasteiger partial charge >= 0.3 is 0 Å². The van der Waals surface area contributed by atoms with E-state index in [0.717, 1.165) is 36.1 Å². The average Bonchev–Trinajstić information content (AvgIpc) is 3.54. The average molecular weight is 442 g/mol. The zero-order chi connectivity index (χ0) is 22.8. The molecule has 2 aromatic carbocycles. The molecule has 1 saturated heterocycles. The van der Waals surface area contributed by atoms with Crippen LogP contribution in [0, 0.1) is 17.6 Å². The second-order valence-corrected chi connectivity index (χ2v) is 8.08. The van der Waals surface area contributed by atoms with Gasteiger partial charge in [0.15, 0.2) is 6.17 Å². The highest BCUT2D eigenvalue weighted by atomic mass is 19.1. The summed E-state index contributed by atoms with van der Waals surface area (Å²) in [5.41, 5.74) is 7.18. The van der Waals surface area contributed by atoms with Crippen LogP contribution in [0.4, 0.5) is 8.78 Å². The number of hydrogen-bond acceptors (Lipinski definition) is 4. The lowest BCUT2D eigenvalue weighted by Crippen LogP contribution is -2.54. The van der Waals surface area contributed by atoms with E-state index >= 15 is 0 Å². The smallest absolute Gasteiger partial charge is 0.264 e. The van der Waals surface area contributed by atoms with E-state index in [9.17, 15) is 23.2 Å². The second-order valence-electron chi connectivity index (χ2n) is 8.08. The molecule has 32 heavy (non-hydrogen) atoms. The summed E-state index contributed by atoms with van der Waals surface area (Å²) in [6.07, 6.45) is 0.316. The third kappa shape index (κ3) is 4.62. The molecule has 3 N–H and O–H groups in total. The lowest BCUT2D eigenvalue weighted by atomic mass is 10.1. The Hall–Kier alpha value is -3.33. The number of hydrogen-bond donors (Lipinski definition) is 2. The van der Waals surface area contributed by atoms with Crippen LogP contribution < -0.4 is 11.1 Å². The van der Waals surface area contributed by atoms with Crippen molar-refractivity contribution < 1.29 is 23.2 Å². The van der Waals surface area contributed by atoms with Crippen molar-refractivity contribution >= 4 is 17.7 Å². The Morgan fingerprint density at radius 3 is 2.28 bits per heavy atom. The first kappa shape index (κ1) is 21.9. The molecule has 1 aliphatic carbocycles. The van der Waals surface area contributed by atoms with Gasteiger partial charge in [-0.1, -0.05) is 24.3 Å². The van der Waals surface area contributed by atoms with E-state index in [1.807, 2.05) is 24.3 Å². The minimum atomic E-state index is -1.18. The van der Waals surface area contributed by atoms with Gasteiger partial charge in [-0.15, -0.1) is 0 Å². The van der Waals surface area contributed by atoms with Gasteiger partial charge in [0, 0.05) is 43.7 Å². The van der Waals surface area contributed by atoms with Crippen molar-refractivity contribution in [2.75, 3.05) is 13.1 Å². The predicted molar refractivity (Wildman–Crippen MR) is 112 cm³/mol. The summed E-state index contributed by atoms with van der Waals surface area (Å²) < 4.78 is 27.3. The van der Waals surface area contributed by atoms with Crippen LogP contribution in [0.5, 0.6) is 0 Å². The molecule has 7 nitrogen and oxygen atoms in total. The third-order valence-electron chi connectivity index (χ3n) is 5.68. The van der Waals surface area contributed by atoms with Crippen molar-refractivity contribution in [1.82, 2.24) is 15.1 Å². The summed E-state index contributed by atoms with van der Waals surface area (Å²) in [5.74, 6) is -3.35. The number of carbonyl (C=O) groups excluding carboxylic acids is 3. The minimum Gasteiger partial charge on any atom is -0.349 e. The van der Waals surface area contributed by atoms with E-state index in [1.165, 1.54) is 9.80 Å². The number of benzene rings is 2. The Kier molecular flexibility index (Phi) is 6.18. The monoisotopic (exact) mass is 442 g/mol. The second kappa shape index (κ2) is 9.04. The van der Waals surface area contributed by atoms with Crippen LogP contribution in [0.3, 0.4) is 0 Å². The lowest BCUT2D eigenvalue weighted by molar-refractivity contribution is -0.142. The summed E-state index contributed by atoms with van der Waals surface area (Å²) in [7, 11) is 0. The zero-order valence-corrected chi connectivity index (χ0v) is 17.4. The predicted octanol–water partition coefficient (Wildman–Crippen LogP) is 1.76. The fourth-order valence-electron chi connectivity index (χ4n) is 3.91. The van der Waals surface area contributed by atoms with Crippen LogP contribution in [0.15, 0.2) is 42.5 Å². The molecule has 2 fully saturated rings. The maximum atomic E-state index is 13.7. The first-order valence-electron chi connectivity index (χ1n) is 10.5. The van der Waals surface area contributed by atoms with Crippen molar-refractivity contribution in [1.29, 1.82) is 0 Å². The van der Waals surface area contributed by atoms with E-state index in [1.54, 1.807) is 0 Å². The molecular formula is C23H24F2N4O3. The first-order chi connectivity index (χ1) is 15.4. The zero-order valence-electron chi connectivity index (χ0n) is 17.4. The molecule has 2 aromatic rings. The Bertz CT molecular complexity index is 1040. The van der Waals surface area contributed by atoms with Crippen LogP contribution in [0.1, 0.15) is 34.3 Å². The summed E-state index contributed by atoms with van der Waals surface area (Å²) >= 11 is 0. The molecule has 3 amide bonds. The molecule has 0 aromatic heterocycles. The van der Waals surface area contributed by atoms with Crippen LogP contribution >= 0.6 is 0 Å². The number of nitrogens with zero attached hydrogens (tertiary/aromatic N) is 2. The van der Waals surface area contributed by atoms with Gasteiger partial charge in [-0.2, -0.15) is 0 Å². The third-order valence-corrected chi connectivity index (χ3v) is 5.68. The minimum absolute atomic E-state index is 0.0934. The van der Waals surface area contributed by atoms with Gasteiger partial charge in [0.2, 0.25) is 5.91 Å². The van der Waals surface area contributed by atoms with Crippen LogP contribution in [0.2, 0.25) is 0 Å². The molecule has 2 aliphatic rings. The maximum absolute atomic E-state index is 13.7. The SMILES string of the molecule is NCc1cccc(CNC(=O)C2N(C(=O)c3cc(F)cc(F)c3)CCN2C(=O)C2CC2)c1. The molecule has 168 valence electrons. The van der Waals surface area contributed by atoms with Crippen LogP contribution in [-0.2, 0) is 22.7 Å². The molecular weight excluding hydrogens is 418 g/mol. The van der Waals surface area contributed by atoms with Gasteiger partial charge in [0.05, 0.1) is 0 Å². The fraction of sp³-hybridized carbons (Fsp3) is 0.348. The largest absolute Gasteiger partial charge is 0.349 e. The quantitative estimate of drug-likeness (QED) is 0.713. The van der Waals surface area contributed by atoms with Gasteiger partial charge in [-0.05, 0) is 36.1 Å². The van der Waals surface area contributed by atoms with Gasteiger partial charge in [0.1, 0.15) is 11.6 Å². The highest BCUT2D eigenvalue weighted by Gasteiger charge is 2.46. The highest BCUT2D eigenvalue weighted by molar-refractivity contribution is 5.99. The Balaban J connectivity index is 1.56. The van der Waals surface area contributed by atoms with Gasteiger partial charge < -0.3 is 20.9 Å². The summed E-state index contributed by atoms with van der Waals surface area (Å²) in [6, 6.07) is 9.91. The van der Waals surface area contributed by atoms with Crippen LogP contribution in [0.25, 0.3) is 0 Å². The van der Waals surface area contributed by atoms with Crippen molar-refractivity contribution in [3.8, 4) is 0 Å². The highest BCUT2D eigenvalue weighted by Crippen LogP contribution is 2.33. The molecule has 0 radical (unpaired) electrons. The van der Waals surface area contributed by atoms with Crippen molar-refractivity contribution in [2.24, 2.45) is 11.7 Å². The number of nitrogens with one attached hydrogen (secondary N) is 1. The van der Waals surface area contributed by atoms with E-state index in [0.29, 0.717) is 12.6 Å². The van der Waals surface area contributed by atoms with Crippen LogP contribution in [-0.4, -0.2) is 46.8 Å². The fourth-order valence-corrected chi connectivity index (χ4v) is 3.91. The number of rotatable bonds is 6. The van der Waals surface area contributed by atoms with Gasteiger partial charge in [-0.3, -0.25) is 14.4 Å². The van der Waals surface area contributed by atoms with Gasteiger partial charge in [0.25, 0.3) is 11.8 Å². The van der Waals surface area contributed by atoms with E-state index in [2.05, 4.69) is 5.32 Å². The number of carbonyl (C=O) groups is 3.